The van der Waals surface area contributed by atoms with Gasteiger partial charge in [0.2, 0.25) is 0 Å². The molecule has 1 rings (SSSR count). The van der Waals surface area contributed by atoms with Crippen molar-refractivity contribution >= 4 is 11.6 Å². The fraction of sp³-hybridized carbons (Fsp3) is 0.125. The zero-order valence-corrected chi connectivity index (χ0v) is 6.80. The third kappa shape index (κ3) is 2.65. The van der Waals surface area contributed by atoms with E-state index in [1.807, 2.05) is 0 Å². The van der Waals surface area contributed by atoms with Gasteiger partial charge in [0.15, 0.2) is 0 Å². The molecule has 0 fully saturated rings. The van der Waals surface area contributed by atoms with E-state index in [9.17, 15) is 18.0 Å². The number of carbonyl (C=O) groups excluding carboxylic acids is 1. The van der Waals surface area contributed by atoms with E-state index in [-0.39, 0.29) is 11.4 Å². The van der Waals surface area contributed by atoms with Crippen LogP contribution in [-0.4, -0.2) is 17.2 Å². The standard InChI is InChI=1S/C8H6F3NO2/c9-8(10,11)7(14)12-5-2-1-3-6(13)4-5/h1-4,13H,(H,12,14). The Labute approximate surface area is 77.2 Å². The van der Waals surface area contributed by atoms with Gasteiger partial charge in [0.05, 0.1) is 0 Å². The normalized spacial score (nSPS) is 11.1. The molecular weight excluding hydrogens is 199 g/mol. The largest absolute Gasteiger partial charge is 0.508 e. The molecule has 1 aromatic carbocycles. The minimum atomic E-state index is -4.93. The van der Waals surface area contributed by atoms with Crippen LogP contribution in [0.5, 0.6) is 5.75 Å². The summed E-state index contributed by atoms with van der Waals surface area (Å²) in [5.41, 5.74) is -0.104. The van der Waals surface area contributed by atoms with Crippen molar-refractivity contribution in [1.29, 1.82) is 0 Å². The summed E-state index contributed by atoms with van der Waals surface area (Å²) in [5.74, 6) is -2.28. The smallest absolute Gasteiger partial charge is 0.471 e. The Morgan fingerprint density at radius 3 is 2.50 bits per heavy atom. The first-order valence-electron chi connectivity index (χ1n) is 3.57. The van der Waals surface area contributed by atoms with Crippen molar-refractivity contribution < 1.29 is 23.1 Å². The highest BCUT2D eigenvalue weighted by Crippen LogP contribution is 2.20. The summed E-state index contributed by atoms with van der Waals surface area (Å²) in [6.45, 7) is 0. The molecule has 6 heteroatoms. The molecule has 0 aromatic heterocycles. The first-order valence-corrected chi connectivity index (χ1v) is 3.57. The lowest BCUT2D eigenvalue weighted by molar-refractivity contribution is -0.167. The van der Waals surface area contributed by atoms with E-state index in [1.54, 1.807) is 5.32 Å². The average Bonchev–Trinajstić information content (AvgIpc) is 2.02. The van der Waals surface area contributed by atoms with E-state index in [0.29, 0.717) is 0 Å². The molecule has 3 nitrogen and oxygen atoms in total. The number of benzene rings is 1. The topological polar surface area (TPSA) is 49.3 Å². The van der Waals surface area contributed by atoms with Crippen molar-refractivity contribution in [2.24, 2.45) is 0 Å². The third-order valence-electron chi connectivity index (χ3n) is 1.36. The molecule has 1 aromatic rings. The lowest BCUT2D eigenvalue weighted by atomic mass is 10.3. The molecule has 0 saturated carbocycles. The Hall–Kier alpha value is -1.72. The molecule has 0 atom stereocenters. The molecule has 2 N–H and O–H groups in total. The number of halogens is 3. The molecule has 14 heavy (non-hydrogen) atoms. The van der Waals surface area contributed by atoms with Crippen LogP contribution in [0.1, 0.15) is 0 Å². The zero-order valence-electron chi connectivity index (χ0n) is 6.80. The van der Waals surface area contributed by atoms with Gasteiger partial charge in [0.1, 0.15) is 5.75 Å². The average molecular weight is 205 g/mol. The maximum atomic E-state index is 11.8. The Kier molecular flexibility index (Phi) is 2.64. The highest BCUT2D eigenvalue weighted by molar-refractivity contribution is 5.95. The number of rotatable bonds is 1. The second-order valence-corrected chi connectivity index (χ2v) is 2.50. The molecule has 76 valence electrons. The Balaban J connectivity index is 2.75. The number of aromatic hydroxyl groups is 1. The predicted octanol–water partition coefficient (Wildman–Crippen LogP) is 1.89. The van der Waals surface area contributed by atoms with Gasteiger partial charge in [-0.2, -0.15) is 13.2 Å². The van der Waals surface area contributed by atoms with E-state index in [0.717, 1.165) is 6.07 Å². The number of hydrogen-bond acceptors (Lipinski definition) is 2. The molecule has 0 bridgehead atoms. The molecule has 0 heterocycles. The molecule has 0 spiro atoms. The van der Waals surface area contributed by atoms with Crippen molar-refractivity contribution in [3.8, 4) is 5.75 Å². The zero-order chi connectivity index (χ0) is 10.8. The van der Waals surface area contributed by atoms with Crippen LogP contribution < -0.4 is 5.32 Å². The molecule has 0 radical (unpaired) electrons. The molecule has 0 aliphatic heterocycles. The summed E-state index contributed by atoms with van der Waals surface area (Å²) in [5, 5.41) is 10.5. The number of phenols is 1. The highest BCUT2D eigenvalue weighted by Gasteiger charge is 2.38. The van der Waals surface area contributed by atoms with Gasteiger partial charge in [0, 0.05) is 11.8 Å². The minimum Gasteiger partial charge on any atom is -0.508 e. The molecule has 0 aliphatic rings. The summed E-state index contributed by atoms with van der Waals surface area (Å²) in [7, 11) is 0. The van der Waals surface area contributed by atoms with Crippen molar-refractivity contribution in [3.05, 3.63) is 24.3 Å². The maximum Gasteiger partial charge on any atom is 0.471 e. The maximum absolute atomic E-state index is 11.8. The Morgan fingerprint density at radius 1 is 1.36 bits per heavy atom. The van der Waals surface area contributed by atoms with Crippen LogP contribution in [0.3, 0.4) is 0 Å². The lowest BCUT2D eigenvalue weighted by Crippen LogP contribution is -2.29. The molecule has 0 unspecified atom stereocenters. The number of nitrogens with one attached hydrogen (secondary N) is 1. The van der Waals surface area contributed by atoms with Crippen LogP contribution >= 0.6 is 0 Å². The van der Waals surface area contributed by atoms with Gasteiger partial charge in [-0.15, -0.1) is 0 Å². The van der Waals surface area contributed by atoms with Crippen molar-refractivity contribution in [3.63, 3.8) is 0 Å². The van der Waals surface area contributed by atoms with Gasteiger partial charge in [0.25, 0.3) is 0 Å². The third-order valence-corrected chi connectivity index (χ3v) is 1.36. The van der Waals surface area contributed by atoms with Gasteiger partial charge in [-0.25, -0.2) is 0 Å². The van der Waals surface area contributed by atoms with E-state index in [4.69, 9.17) is 5.11 Å². The van der Waals surface area contributed by atoms with Gasteiger partial charge in [-0.3, -0.25) is 4.79 Å². The van der Waals surface area contributed by atoms with E-state index in [1.165, 1.54) is 18.2 Å². The van der Waals surface area contributed by atoms with E-state index < -0.39 is 12.1 Å². The second kappa shape index (κ2) is 3.57. The second-order valence-electron chi connectivity index (χ2n) is 2.50. The number of carbonyl (C=O) groups is 1. The summed E-state index contributed by atoms with van der Waals surface area (Å²) >= 11 is 0. The number of alkyl halides is 3. The van der Waals surface area contributed by atoms with Gasteiger partial charge in [-0.05, 0) is 12.1 Å². The van der Waals surface area contributed by atoms with E-state index in [2.05, 4.69) is 0 Å². The molecular formula is C8H6F3NO2. The van der Waals surface area contributed by atoms with Crippen LogP contribution in [0.4, 0.5) is 18.9 Å². The predicted molar refractivity (Wildman–Crippen MR) is 42.8 cm³/mol. The number of hydrogen-bond donors (Lipinski definition) is 2. The monoisotopic (exact) mass is 205 g/mol. The van der Waals surface area contributed by atoms with Crippen LogP contribution in [0.15, 0.2) is 24.3 Å². The van der Waals surface area contributed by atoms with Crippen molar-refractivity contribution in [2.75, 3.05) is 5.32 Å². The number of anilines is 1. The lowest BCUT2D eigenvalue weighted by Gasteiger charge is -2.07. The van der Waals surface area contributed by atoms with Gasteiger partial charge >= 0.3 is 12.1 Å². The summed E-state index contributed by atoms with van der Waals surface area (Å²) in [4.78, 5) is 10.4. The summed E-state index contributed by atoms with van der Waals surface area (Å²) in [6, 6.07) is 4.86. The van der Waals surface area contributed by atoms with Crippen molar-refractivity contribution in [2.45, 2.75) is 6.18 Å². The highest BCUT2D eigenvalue weighted by atomic mass is 19.4. The van der Waals surface area contributed by atoms with Crippen LogP contribution in [0.2, 0.25) is 0 Å². The molecule has 0 saturated heterocycles. The van der Waals surface area contributed by atoms with E-state index >= 15 is 0 Å². The van der Waals surface area contributed by atoms with Crippen molar-refractivity contribution in [1.82, 2.24) is 0 Å². The van der Waals surface area contributed by atoms with Gasteiger partial charge in [-0.1, -0.05) is 6.07 Å². The quantitative estimate of drug-likeness (QED) is 0.735. The number of phenolic OH excluding ortho intramolecular Hbond substituents is 1. The van der Waals surface area contributed by atoms with Crippen LogP contribution in [0, 0.1) is 0 Å². The van der Waals surface area contributed by atoms with Crippen LogP contribution in [0.25, 0.3) is 0 Å². The molecule has 0 aliphatic carbocycles. The first kappa shape index (κ1) is 10.4. The fourth-order valence-corrected chi connectivity index (χ4v) is 0.786. The van der Waals surface area contributed by atoms with Crippen LogP contribution in [-0.2, 0) is 4.79 Å². The summed E-state index contributed by atoms with van der Waals surface area (Å²) < 4.78 is 35.3. The SMILES string of the molecule is O=C(Nc1cccc(O)c1)C(F)(F)F. The summed E-state index contributed by atoms with van der Waals surface area (Å²) in [6.07, 6.45) is -4.93. The van der Waals surface area contributed by atoms with Gasteiger partial charge < -0.3 is 10.4 Å². The molecule has 1 amide bonds. The minimum absolute atomic E-state index is 0.104. The Bertz CT molecular complexity index is 349. The number of amides is 1. The Morgan fingerprint density at radius 2 is 2.00 bits per heavy atom. The first-order chi connectivity index (χ1) is 6.39. The fourth-order valence-electron chi connectivity index (χ4n) is 0.786.